The molecule has 0 radical (unpaired) electrons. The van der Waals surface area contributed by atoms with E-state index in [1.54, 1.807) is 0 Å². The van der Waals surface area contributed by atoms with Crippen molar-refractivity contribution >= 4 is 6.03 Å². The smallest absolute Gasteiger partial charge is 0.315 e. The number of hydrogen-bond donors (Lipinski definition) is 4. The van der Waals surface area contributed by atoms with Gasteiger partial charge < -0.3 is 30.3 Å². The van der Waals surface area contributed by atoms with Gasteiger partial charge in [-0.15, -0.1) is 0 Å². The first kappa shape index (κ1) is 29.2. The van der Waals surface area contributed by atoms with Crippen molar-refractivity contribution in [3.8, 4) is 11.1 Å². The second kappa shape index (κ2) is 13.6. The average Bonchev–Trinajstić information content (AvgIpc) is 3.42. The quantitative estimate of drug-likeness (QED) is 0.307. The predicted molar refractivity (Wildman–Crippen MR) is 158 cm³/mol. The minimum atomic E-state index is -0.561. The van der Waals surface area contributed by atoms with Crippen LogP contribution in [0.25, 0.3) is 11.1 Å². The Morgan fingerprint density at radius 2 is 1.71 bits per heavy atom. The number of likely N-dealkylation sites (tertiary alicyclic amines) is 1. The van der Waals surface area contributed by atoms with Crippen molar-refractivity contribution in [2.24, 2.45) is 5.92 Å². The number of nitrogens with zero attached hydrogens (tertiary/aromatic N) is 1. The molecule has 5 atom stereocenters. The molecule has 2 aliphatic heterocycles. The molecule has 2 amide bonds. The Morgan fingerprint density at radius 3 is 2.41 bits per heavy atom. The van der Waals surface area contributed by atoms with Gasteiger partial charge >= 0.3 is 6.03 Å². The number of urea groups is 1. The van der Waals surface area contributed by atoms with Gasteiger partial charge in [-0.3, -0.25) is 4.90 Å². The molecular formula is C33H41N3O5. The fraction of sp³-hybridized carbons (Fsp3) is 0.424. The molecule has 2 aliphatic rings. The van der Waals surface area contributed by atoms with Gasteiger partial charge in [0.1, 0.15) is 0 Å². The Labute approximate surface area is 242 Å². The number of carbonyl (C=O) groups excluding carboxylic acids is 1. The lowest BCUT2D eigenvalue weighted by Gasteiger charge is -2.42. The molecule has 0 spiro atoms. The summed E-state index contributed by atoms with van der Waals surface area (Å²) >= 11 is 0. The van der Waals surface area contributed by atoms with E-state index in [0.29, 0.717) is 19.6 Å². The number of aliphatic hydroxyl groups is 2. The van der Waals surface area contributed by atoms with Crippen molar-refractivity contribution in [1.29, 1.82) is 0 Å². The summed E-state index contributed by atoms with van der Waals surface area (Å²) in [5.74, 6) is 0.0845. The molecule has 8 heteroatoms. The number of aliphatic hydroxyl groups excluding tert-OH is 2. The van der Waals surface area contributed by atoms with E-state index in [1.165, 1.54) is 0 Å². The van der Waals surface area contributed by atoms with E-state index in [2.05, 4.69) is 46.7 Å². The third kappa shape index (κ3) is 7.33. The number of nitrogens with one attached hydrogen (secondary N) is 2. The zero-order valence-electron chi connectivity index (χ0n) is 23.8. The molecule has 0 unspecified atom stereocenters. The van der Waals surface area contributed by atoms with E-state index >= 15 is 0 Å². The maximum atomic E-state index is 11.8. The molecule has 0 bridgehead atoms. The Balaban J connectivity index is 1.38. The summed E-state index contributed by atoms with van der Waals surface area (Å²) in [4.78, 5) is 14.1. The van der Waals surface area contributed by atoms with E-state index in [-0.39, 0.29) is 36.9 Å². The van der Waals surface area contributed by atoms with Crippen LogP contribution in [0.5, 0.6) is 0 Å². The van der Waals surface area contributed by atoms with Crippen LogP contribution in [0.15, 0.2) is 72.8 Å². The minimum Gasteiger partial charge on any atom is -0.392 e. The molecule has 2 saturated heterocycles. The van der Waals surface area contributed by atoms with Crippen molar-refractivity contribution in [3.63, 3.8) is 0 Å². The van der Waals surface area contributed by atoms with Crippen LogP contribution in [0.3, 0.4) is 0 Å². The van der Waals surface area contributed by atoms with Crippen LogP contribution in [-0.2, 0) is 22.6 Å². The SMILES string of the molecule is CCNC(=O)NCc1cccc(-c2cccc([C@H]3O[C@@H](CN4CC[C@H](O)C4)[C@@H](C)[C@@H](c4ccc(CO)cc4)O3)c2)c1. The van der Waals surface area contributed by atoms with Gasteiger partial charge in [0.25, 0.3) is 0 Å². The molecule has 2 fully saturated rings. The van der Waals surface area contributed by atoms with Crippen LogP contribution in [0, 0.1) is 5.92 Å². The lowest BCUT2D eigenvalue weighted by atomic mass is 9.90. The largest absolute Gasteiger partial charge is 0.392 e. The van der Waals surface area contributed by atoms with Crippen molar-refractivity contribution < 1.29 is 24.5 Å². The maximum absolute atomic E-state index is 11.8. The highest BCUT2D eigenvalue weighted by atomic mass is 16.7. The van der Waals surface area contributed by atoms with E-state index in [4.69, 9.17) is 9.47 Å². The van der Waals surface area contributed by atoms with E-state index < -0.39 is 6.29 Å². The third-order valence-electron chi connectivity index (χ3n) is 8.02. The standard InChI is InChI=1S/C33H41N3O5/c1-3-34-33(39)35-18-24-6-4-7-26(16-24)27-8-5-9-28(17-27)32-40-30(20-36-15-14-29(38)19-36)22(2)31(41-32)25-12-10-23(21-37)11-13-25/h4-13,16-17,22,29-32,37-38H,3,14-15,18-21H2,1-2H3,(H2,34,35,39)/t22-,29+,30+,31+,32+/m1/s1. The van der Waals surface area contributed by atoms with Gasteiger partial charge in [0, 0.05) is 44.2 Å². The Hall–Kier alpha value is -3.27. The predicted octanol–water partition coefficient (Wildman–Crippen LogP) is 4.52. The van der Waals surface area contributed by atoms with Crippen LogP contribution in [0.2, 0.25) is 0 Å². The van der Waals surface area contributed by atoms with Crippen LogP contribution in [0.4, 0.5) is 4.79 Å². The number of hydrogen-bond acceptors (Lipinski definition) is 6. The molecule has 3 aromatic rings. The number of benzene rings is 3. The molecule has 0 aromatic heterocycles. The highest BCUT2D eigenvalue weighted by Gasteiger charge is 2.40. The molecule has 0 saturated carbocycles. The summed E-state index contributed by atoms with van der Waals surface area (Å²) in [5, 5.41) is 25.3. The summed E-state index contributed by atoms with van der Waals surface area (Å²) < 4.78 is 13.3. The first-order valence-electron chi connectivity index (χ1n) is 14.6. The van der Waals surface area contributed by atoms with Crippen LogP contribution < -0.4 is 10.6 Å². The molecule has 4 N–H and O–H groups in total. The van der Waals surface area contributed by atoms with Gasteiger partial charge in [0.05, 0.1) is 24.9 Å². The number of carbonyl (C=O) groups is 1. The fourth-order valence-electron chi connectivity index (χ4n) is 5.69. The number of amides is 2. The zero-order chi connectivity index (χ0) is 28.8. The molecule has 41 heavy (non-hydrogen) atoms. The van der Waals surface area contributed by atoms with Gasteiger partial charge in [0.15, 0.2) is 6.29 Å². The van der Waals surface area contributed by atoms with Crippen LogP contribution in [0.1, 0.15) is 54.9 Å². The van der Waals surface area contributed by atoms with Crippen molar-refractivity contribution in [2.45, 2.75) is 58.0 Å². The van der Waals surface area contributed by atoms with Crippen LogP contribution in [-0.4, -0.2) is 59.5 Å². The average molecular weight is 560 g/mol. The normalized spacial score (nSPS) is 24.7. The molecule has 3 aromatic carbocycles. The first-order chi connectivity index (χ1) is 19.9. The van der Waals surface area contributed by atoms with Gasteiger partial charge in [0.2, 0.25) is 0 Å². The topological polar surface area (TPSA) is 103 Å². The number of β-amino-alcohol motifs (C(OH)–C–C–N with tert-alkyl or cyclic N) is 1. The van der Waals surface area contributed by atoms with Gasteiger partial charge in [-0.25, -0.2) is 4.79 Å². The van der Waals surface area contributed by atoms with Crippen LogP contribution >= 0.6 is 0 Å². The summed E-state index contributed by atoms with van der Waals surface area (Å²) in [6.45, 7) is 7.32. The highest BCUT2D eigenvalue weighted by Crippen LogP contribution is 2.42. The molecule has 218 valence electrons. The van der Waals surface area contributed by atoms with Gasteiger partial charge in [-0.1, -0.05) is 67.6 Å². The van der Waals surface area contributed by atoms with Gasteiger partial charge in [-0.05, 0) is 53.3 Å². The summed E-state index contributed by atoms with van der Waals surface area (Å²) in [6.07, 6.45) is -0.340. The molecule has 8 nitrogen and oxygen atoms in total. The van der Waals surface area contributed by atoms with E-state index in [9.17, 15) is 15.0 Å². The number of rotatable bonds is 9. The first-order valence-corrected chi connectivity index (χ1v) is 14.6. The summed E-state index contributed by atoms with van der Waals surface area (Å²) in [6, 6.07) is 24.1. The summed E-state index contributed by atoms with van der Waals surface area (Å²) in [5.41, 5.74) is 5.95. The number of ether oxygens (including phenoxy) is 2. The van der Waals surface area contributed by atoms with Crippen molar-refractivity contribution in [2.75, 3.05) is 26.2 Å². The van der Waals surface area contributed by atoms with Crippen molar-refractivity contribution in [1.82, 2.24) is 15.5 Å². The highest BCUT2D eigenvalue weighted by molar-refractivity contribution is 5.74. The minimum absolute atomic E-state index is 0.00297. The Kier molecular flexibility index (Phi) is 9.69. The van der Waals surface area contributed by atoms with E-state index in [1.807, 2.05) is 55.5 Å². The second-order valence-electron chi connectivity index (χ2n) is 11.1. The molecular weight excluding hydrogens is 518 g/mol. The molecule has 2 heterocycles. The summed E-state index contributed by atoms with van der Waals surface area (Å²) in [7, 11) is 0. The lowest BCUT2D eigenvalue weighted by molar-refractivity contribution is -0.276. The zero-order valence-corrected chi connectivity index (χ0v) is 23.8. The Morgan fingerprint density at radius 1 is 0.951 bits per heavy atom. The maximum Gasteiger partial charge on any atom is 0.315 e. The lowest BCUT2D eigenvalue weighted by Crippen LogP contribution is -2.44. The van der Waals surface area contributed by atoms with Gasteiger partial charge in [-0.2, -0.15) is 0 Å². The Bertz CT molecular complexity index is 1300. The fourth-order valence-corrected chi connectivity index (χ4v) is 5.69. The van der Waals surface area contributed by atoms with Crippen molar-refractivity contribution in [3.05, 3.63) is 95.1 Å². The van der Waals surface area contributed by atoms with E-state index in [0.717, 1.165) is 52.9 Å². The monoisotopic (exact) mass is 559 g/mol. The third-order valence-corrected chi connectivity index (χ3v) is 8.02. The second-order valence-corrected chi connectivity index (χ2v) is 11.1. The molecule has 0 aliphatic carbocycles. The molecule has 5 rings (SSSR count).